The molecule has 2 aromatic heterocycles. The number of fused-ring (bicyclic) bond motifs is 1. The number of likely N-dealkylation sites (tertiary alicyclic amines) is 1. The SMILES string of the molecule is C[C@H]1CCCCN1Cc1cc(C(F)(F)F)c2cn(-c3cccc([C@@H](C4CCC4)C4N[N+]5(CCCCCC5)CN4C)c3)c(=O)n2c1. The van der Waals surface area contributed by atoms with Gasteiger partial charge in [-0.2, -0.15) is 13.2 Å². The first-order chi connectivity index (χ1) is 21.6. The predicted octanol–water partition coefficient (Wildman–Crippen LogP) is 6.49. The third-order valence-electron chi connectivity index (χ3n) is 11.3. The molecule has 1 N–H and O–H groups in total. The summed E-state index contributed by atoms with van der Waals surface area (Å²) in [6.45, 7) is 6.66. The van der Waals surface area contributed by atoms with Gasteiger partial charge >= 0.3 is 11.9 Å². The number of likely N-dealkylation sites (N-methyl/N-ethyl adjacent to an activating group) is 1. The summed E-state index contributed by atoms with van der Waals surface area (Å²) >= 11 is 0. The number of halogens is 3. The Morgan fingerprint density at radius 3 is 2.44 bits per heavy atom. The molecule has 7 nitrogen and oxygen atoms in total. The van der Waals surface area contributed by atoms with Gasteiger partial charge in [-0.25, -0.2) is 14.3 Å². The van der Waals surface area contributed by atoms with Gasteiger partial charge < -0.3 is 0 Å². The van der Waals surface area contributed by atoms with Crippen molar-refractivity contribution in [1.82, 2.24) is 24.2 Å². The largest absolute Gasteiger partial charge is 0.418 e. The molecule has 244 valence electrons. The van der Waals surface area contributed by atoms with Crippen LogP contribution in [0.3, 0.4) is 0 Å². The number of imidazole rings is 1. The van der Waals surface area contributed by atoms with Crippen molar-refractivity contribution in [2.24, 2.45) is 5.92 Å². The average Bonchev–Trinajstić information content (AvgIpc) is 3.37. The van der Waals surface area contributed by atoms with E-state index in [-0.39, 0.29) is 17.6 Å². The van der Waals surface area contributed by atoms with E-state index in [2.05, 4.69) is 35.3 Å². The minimum Gasteiger partial charge on any atom is -0.296 e. The van der Waals surface area contributed by atoms with Crippen LogP contribution >= 0.6 is 0 Å². The number of benzene rings is 1. The predicted molar refractivity (Wildman–Crippen MR) is 170 cm³/mol. The molecule has 1 spiro atoms. The molecule has 3 aliphatic heterocycles. The zero-order valence-corrected chi connectivity index (χ0v) is 26.7. The van der Waals surface area contributed by atoms with E-state index in [1.165, 1.54) is 66.2 Å². The van der Waals surface area contributed by atoms with Crippen molar-refractivity contribution in [3.8, 4) is 5.69 Å². The highest BCUT2D eigenvalue weighted by molar-refractivity contribution is 5.58. The summed E-state index contributed by atoms with van der Waals surface area (Å²) in [5, 5.41) is 0. The fourth-order valence-corrected chi connectivity index (χ4v) is 8.62. The molecule has 1 aromatic carbocycles. The molecule has 1 aliphatic carbocycles. The van der Waals surface area contributed by atoms with Crippen molar-refractivity contribution in [2.75, 3.05) is 33.4 Å². The van der Waals surface area contributed by atoms with Gasteiger partial charge in [-0.15, -0.1) is 5.43 Å². The molecule has 0 bridgehead atoms. The first-order valence-electron chi connectivity index (χ1n) is 17.1. The Labute approximate surface area is 264 Å². The Kier molecular flexibility index (Phi) is 8.38. The summed E-state index contributed by atoms with van der Waals surface area (Å²) < 4.78 is 46.9. The average molecular weight is 626 g/mol. The second-order valence-corrected chi connectivity index (χ2v) is 14.4. The molecule has 10 heteroatoms. The zero-order chi connectivity index (χ0) is 31.3. The lowest BCUT2D eigenvalue weighted by atomic mass is 9.71. The zero-order valence-electron chi connectivity index (χ0n) is 26.7. The van der Waals surface area contributed by atoms with E-state index in [0.717, 1.165) is 55.7 Å². The lowest BCUT2D eigenvalue weighted by molar-refractivity contribution is -0.961. The van der Waals surface area contributed by atoms with Crippen LogP contribution in [0.15, 0.2) is 47.5 Å². The number of aromatic nitrogens is 2. The number of quaternary nitrogens is 1. The number of alkyl halides is 3. The van der Waals surface area contributed by atoms with Crippen LogP contribution in [-0.2, 0) is 12.7 Å². The van der Waals surface area contributed by atoms with E-state index in [0.29, 0.717) is 29.8 Å². The minimum absolute atomic E-state index is 0.103. The highest BCUT2D eigenvalue weighted by Gasteiger charge is 2.48. The van der Waals surface area contributed by atoms with E-state index in [9.17, 15) is 18.0 Å². The summed E-state index contributed by atoms with van der Waals surface area (Å²) in [7, 11) is 2.22. The molecule has 3 saturated heterocycles. The maximum atomic E-state index is 14.4. The number of hydrogen-bond acceptors (Lipinski definition) is 4. The van der Waals surface area contributed by atoms with Crippen molar-refractivity contribution in [3.63, 3.8) is 0 Å². The van der Waals surface area contributed by atoms with Crippen molar-refractivity contribution < 1.29 is 17.8 Å². The molecule has 1 unspecified atom stereocenters. The standard InChI is InChI=1S/C35H48F3N6O/c1-25-11-5-6-16-41(25)21-26-19-30(35(36,37)38)31-23-42(34(45)43(31)22-26)29-15-10-14-28(20-29)32(27-12-9-13-27)33-39-44(24-40(33)2)17-7-3-4-8-18-44/h10,14-15,19-20,22-23,25,27,32-33,39H,3-9,11-13,16-18,21,24H2,1-2H3/q+1/t25-,32+,33?/m0/s1. The van der Waals surface area contributed by atoms with Crippen LogP contribution in [-0.4, -0.2) is 68.9 Å². The summed E-state index contributed by atoms with van der Waals surface area (Å²) in [5.74, 6) is 0.771. The first-order valence-corrected chi connectivity index (χ1v) is 17.1. The molecule has 5 heterocycles. The van der Waals surface area contributed by atoms with Crippen LogP contribution in [0, 0.1) is 5.92 Å². The molecule has 0 radical (unpaired) electrons. The number of pyridine rings is 1. The molecule has 4 fully saturated rings. The Bertz CT molecular complexity index is 1570. The van der Waals surface area contributed by atoms with Gasteiger partial charge in [0.15, 0.2) is 6.67 Å². The van der Waals surface area contributed by atoms with Crippen LogP contribution in [0.4, 0.5) is 13.2 Å². The molecule has 45 heavy (non-hydrogen) atoms. The second-order valence-electron chi connectivity index (χ2n) is 14.4. The fourth-order valence-electron chi connectivity index (χ4n) is 8.62. The Morgan fingerprint density at radius 2 is 1.76 bits per heavy atom. The Morgan fingerprint density at radius 1 is 0.978 bits per heavy atom. The number of hydrogen-bond donors (Lipinski definition) is 1. The molecular weight excluding hydrogens is 577 g/mol. The van der Waals surface area contributed by atoms with Crippen LogP contribution in [0.25, 0.3) is 11.2 Å². The molecular formula is C35H48F3N6O+. The van der Waals surface area contributed by atoms with Gasteiger partial charge in [-0.1, -0.05) is 25.0 Å². The van der Waals surface area contributed by atoms with Gasteiger partial charge in [0.1, 0.15) is 6.17 Å². The van der Waals surface area contributed by atoms with E-state index < -0.39 is 17.4 Å². The summed E-state index contributed by atoms with van der Waals surface area (Å²) in [6, 6.07) is 9.55. The molecule has 7 rings (SSSR count). The second kappa shape index (κ2) is 12.2. The lowest BCUT2D eigenvalue weighted by Crippen LogP contribution is -2.57. The molecule has 1 saturated carbocycles. The van der Waals surface area contributed by atoms with Gasteiger partial charge in [-0.3, -0.25) is 13.9 Å². The Hall–Kier alpha value is -2.66. The van der Waals surface area contributed by atoms with Crippen molar-refractivity contribution in [2.45, 2.75) is 102 Å². The van der Waals surface area contributed by atoms with Crippen LogP contribution in [0.2, 0.25) is 0 Å². The molecule has 3 aromatic rings. The normalized spacial score (nSPS) is 25.9. The van der Waals surface area contributed by atoms with Crippen molar-refractivity contribution in [3.05, 3.63) is 69.9 Å². The maximum Gasteiger partial charge on any atom is 0.418 e. The van der Waals surface area contributed by atoms with Crippen molar-refractivity contribution >= 4 is 5.52 Å². The third kappa shape index (κ3) is 5.99. The maximum absolute atomic E-state index is 14.4. The van der Waals surface area contributed by atoms with Crippen molar-refractivity contribution in [1.29, 1.82) is 0 Å². The van der Waals surface area contributed by atoms with Gasteiger partial charge in [0, 0.05) is 30.9 Å². The topological polar surface area (TPSA) is 44.9 Å². The van der Waals surface area contributed by atoms with Gasteiger partial charge in [0.05, 0.1) is 29.9 Å². The fraction of sp³-hybridized carbons (Fsp3) is 0.629. The number of nitrogens with one attached hydrogen (secondary N) is 1. The highest BCUT2D eigenvalue weighted by Crippen LogP contribution is 2.44. The van der Waals surface area contributed by atoms with Crippen LogP contribution in [0.5, 0.6) is 0 Å². The van der Waals surface area contributed by atoms with E-state index in [1.807, 2.05) is 18.2 Å². The van der Waals surface area contributed by atoms with Crippen LogP contribution < -0.4 is 11.1 Å². The van der Waals surface area contributed by atoms with Gasteiger partial charge in [-0.05, 0) is 107 Å². The monoisotopic (exact) mass is 625 g/mol. The third-order valence-corrected chi connectivity index (χ3v) is 11.3. The molecule has 3 atom stereocenters. The highest BCUT2D eigenvalue weighted by atomic mass is 19.4. The van der Waals surface area contributed by atoms with E-state index in [1.54, 1.807) is 6.20 Å². The number of piperidine rings is 1. The first kappa shape index (κ1) is 31.0. The lowest BCUT2D eigenvalue weighted by Gasteiger charge is -2.39. The molecule has 4 aliphatic rings. The number of rotatable bonds is 6. The van der Waals surface area contributed by atoms with Gasteiger partial charge in [0.2, 0.25) is 0 Å². The van der Waals surface area contributed by atoms with Gasteiger partial charge in [0.25, 0.3) is 0 Å². The summed E-state index contributed by atoms with van der Waals surface area (Å²) in [5.41, 5.74) is 5.02. The number of nitrogens with zero attached hydrogens (tertiary/aromatic N) is 5. The summed E-state index contributed by atoms with van der Waals surface area (Å²) in [6.07, 6.45) is 10.4. The summed E-state index contributed by atoms with van der Waals surface area (Å²) in [4.78, 5) is 18.6. The molecule has 0 amide bonds. The quantitative estimate of drug-likeness (QED) is 0.318. The Balaban J connectivity index is 1.25. The van der Waals surface area contributed by atoms with E-state index in [4.69, 9.17) is 0 Å². The minimum atomic E-state index is -4.57. The van der Waals surface area contributed by atoms with Crippen LogP contribution in [0.1, 0.15) is 93.7 Å². The van der Waals surface area contributed by atoms with E-state index >= 15 is 0 Å². The smallest absolute Gasteiger partial charge is 0.296 e.